The average molecular weight is 312 g/mol. The number of benzene rings is 2. The molecule has 23 heavy (non-hydrogen) atoms. The second-order valence-electron chi connectivity index (χ2n) is 5.10. The van der Waals surface area contributed by atoms with E-state index in [1.54, 1.807) is 24.3 Å². The number of hydrogen-bond donors (Lipinski definition) is 2. The van der Waals surface area contributed by atoms with Crippen molar-refractivity contribution in [3.05, 3.63) is 53.6 Å². The molecule has 0 radical (unpaired) electrons. The normalized spacial score (nSPS) is 10.0. The van der Waals surface area contributed by atoms with Crippen LogP contribution in [0.3, 0.4) is 0 Å². The third-order valence-electron chi connectivity index (χ3n) is 3.36. The van der Waals surface area contributed by atoms with Gasteiger partial charge in [0.05, 0.1) is 12.3 Å². The molecule has 5 heteroatoms. The summed E-state index contributed by atoms with van der Waals surface area (Å²) >= 11 is 0. The zero-order valence-electron chi connectivity index (χ0n) is 13.5. The number of para-hydroxylation sites is 3. The molecule has 0 aliphatic rings. The van der Waals surface area contributed by atoms with Gasteiger partial charge in [0, 0.05) is 5.69 Å². The monoisotopic (exact) mass is 312 g/mol. The van der Waals surface area contributed by atoms with E-state index in [2.05, 4.69) is 10.6 Å². The molecule has 0 atom stereocenters. The van der Waals surface area contributed by atoms with Crippen LogP contribution in [0, 0.1) is 13.8 Å². The molecule has 2 amide bonds. The maximum absolute atomic E-state index is 12.1. The first-order valence-electron chi connectivity index (χ1n) is 7.43. The van der Waals surface area contributed by atoms with Crippen LogP contribution in [-0.2, 0) is 9.59 Å². The minimum Gasteiger partial charge on any atom is -0.492 e. The van der Waals surface area contributed by atoms with Gasteiger partial charge in [-0.1, -0.05) is 30.3 Å². The quantitative estimate of drug-likeness (QED) is 0.851. The van der Waals surface area contributed by atoms with Gasteiger partial charge in [-0.2, -0.15) is 0 Å². The number of carbonyl (C=O) groups is 2. The number of amides is 2. The number of carbonyl (C=O) groups excluding carboxylic acids is 2. The SMILES string of the molecule is CCOc1ccccc1NC(=O)C(=O)Nc1c(C)cccc1C. The summed E-state index contributed by atoms with van der Waals surface area (Å²) in [6, 6.07) is 12.7. The van der Waals surface area contributed by atoms with Gasteiger partial charge in [-0.15, -0.1) is 0 Å². The molecule has 120 valence electrons. The number of rotatable bonds is 4. The van der Waals surface area contributed by atoms with Gasteiger partial charge in [-0.25, -0.2) is 0 Å². The highest BCUT2D eigenvalue weighted by Gasteiger charge is 2.17. The predicted octanol–water partition coefficient (Wildman–Crippen LogP) is 3.28. The Hall–Kier alpha value is -2.82. The van der Waals surface area contributed by atoms with Gasteiger partial charge < -0.3 is 15.4 Å². The number of hydrogen-bond acceptors (Lipinski definition) is 3. The minimum absolute atomic E-state index is 0.469. The van der Waals surface area contributed by atoms with Crippen molar-refractivity contribution >= 4 is 23.2 Å². The summed E-state index contributed by atoms with van der Waals surface area (Å²) in [4.78, 5) is 24.2. The smallest absolute Gasteiger partial charge is 0.314 e. The fraction of sp³-hybridized carbons (Fsp3) is 0.222. The Balaban J connectivity index is 2.11. The summed E-state index contributed by atoms with van der Waals surface area (Å²) in [5.41, 5.74) is 2.93. The number of nitrogens with one attached hydrogen (secondary N) is 2. The Morgan fingerprint density at radius 2 is 1.52 bits per heavy atom. The molecular formula is C18H20N2O3. The van der Waals surface area contributed by atoms with E-state index in [1.807, 2.05) is 39.0 Å². The molecule has 2 N–H and O–H groups in total. The van der Waals surface area contributed by atoms with Crippen LogP contribution in [0.4, 0.5) is 11.4 Å². The van der Waals surface area contributed by atoms with Crippen LogP contribution < -0.4 is 15.4 Å². The third kappa shape index (κ3) is 4.10. The summed E-state index contributed by atoms with van der Waals surface area (Å²) in [6.45, 7) is 6.09. The highest BCUT2D eigenvalue weighted by atomic mass is 16.5. The van der Waals surface area contributed by atoms with E-state index in [0.717, 1.165) is 11.1 Å². The molecule has 0 aliphatic heterocycles. The first kappa shape index (κ1) is 16.5. The van der Waals surface area contributed by atoms with E-state index in [4.69, 9.17) is 4.74 Å². The second-order valence-corrected chi connectivity index (χ2v) is 5.10. The standard InChI is InChI=1S/C18H20N2O3/c1-4-23-15-11-6-5-10-14(15)19-17(21)18(22)20-16-12(2)8-7-9-13(16)3/h5-11H,4H2,1-3H3,(H,19,21)(H,20,22). The number of aryl methyl sites for hydroxylation is 2. The van der Waals surface area contributed by atoms with Crippen molar-refractivity contribution in [2.75, 3.05) is 17.2 Å². The molecule has 0 saturated carbocycles. The van der Waals surface area contributed by atoms with Crippen LogP contribution in [0.15, 0.2) is 42.5 Å². The van der Waals surface area contributed by atoms with Crippen molar-refractivity contribution < 1.29 is 14.3 Å². The van der Waals surface area contributed by atoms with E-state index in [1.165, 1.54) is 0 Å². The summed E-state index contributed by atoms with van der Waals surface area (Å²) in [5.74, 6) is -0.920. The van der Waals surface area contributed by atoms with Gasteiger partial charge >= 0.3 is 11.8 Å². The van der Waals surface area contributed by atoms with Gasteiger partial charge in [0.1, 0.15) is 5.75 Å². The zero-order chi connectivity index (χ0) is 16.8. The van der Waals surface area contributed by atoms with Crippen LogP contribution in [0.5, 0.6) is 5.75 Å². The molecular weight excluding hydrogens is 292 g/mol. The van der Waals surface area contributed by atoms with E-state index in [0.29, 0.717) is 23.7 Å². The molecule has 2 aromatic rings. The summed E-state index contributed by atoms with van der Waals surface area (Å²) in [5, 5.41) is 5.24. The van der Waals surface area contributed by atoms with Crippen molar-refractivity contribution in [1.82, 2.24) is 0 Å². The molecule has 0 aromatic heterocycles. The summed E-state index contributed by atoms with van der Waals surface area (Å²) < 4.78 is 5.43. The number of anilines is 2. The van der Waals surface area contributed by atoms with Crippen LogP contribution in [0.1, 0.15) is 18.1 Å². The van der Waals surface area contributed by atoms with Crippen LogP contribution >= 0.6 is 0 Å². The van der Waals surface area contributed by atoms with Crippen molar-refractivity contribution in [3.63, 3.8) is 0 Å². The third-order valence-corrected chi connectivity index (χ3v) is 3.36. The zero-order valence-corrected chi connectivity index (χ0v) is 13.5. The number of ether oxygens (including phenoxy) is 1. The first-order chi connectivity index (χ1) is 11.0. The van der Waals surface area contributed by atoms with Crippen LogP contribution in [-0.4, -0.2) is 18.4 Å². The summed E-state index contributed by atoms with van der Waals surface area (Å²) in [7, 11) is 0. The highest BCUT2D eigenvalue weighted by molar-refractivity contribution is 6.43. The maximum atomic E-state index is 12.1. The Kier molecular flexibility index (Phi) is 5.36. The highest BCUT2D eigenvalue weighted by Crippen LogP contribution is 2.24. The summed E-state index contributed by atoms with van der Waals surface area (Å²) in [6.07, 6.45) is 0. The fourth-order valence-corrected chi connectivity index (χ4v) is 2.21. The van der Waals surface area contributed by atoms with Crippen molar-refractivity contribution in [2.45, 2.75) is 20.8 Å². The van der Waals surface area contributed by atoms with Gasteiger partial charge in [0.15, 0.2) is 0 Å². The fourth-order valence-electron chi connectivity index (χ4n) is 2.21. The predicted molar refractivity (Wildman–Crippen MR) is 90.8 cm³/mol. The van der Waals surface area contributed by atoms with Gasteiger partial charge in [0.2, 0.25) is 0 Å². The minimum atomic E-state index is -0.736. The first-order valence-corrected chi connectivity index (χ1v) is 7.43. The van der Waals surface area contributed by atoms with E-state index >= 15 is 0 Å². The van der Waals surface area contributed by atoms with E-state index in [-0.39, 0.29) is 0 Å². The Bertz CT molecular complexity index is 706. The van der Waals surface area contributed by atoms with Crippen LogP contribution in [0.2, 0.25) is 0 Å². The molecule has 0 fully saturated rings. The van der Waals surface area contributed by atoms with E-state index < -0.39 is 11.8 Å². The molecule has 0 unspecified atom stereocenters. The molecule has 0 heterocycles. The topological polar surface area (TPSA) is 67.4 Å². The van der Waals surface area contributed by atoms with Crippen LogP contribution in [0.25, 0.3) is 0 Å². The molecule has 0 saturated heterocycles. The molecule has 2 aromatic carbocycles. The lowest BCUT2D eigenvalue weighted by Gasteiger charge is -2.13. The van der Waals surface area contributed by atoms with Crippen molar-refractivity contribution in [3.8, 4) is 5.75 Å². The Morgan fingerprint density at radius 3 is 2.17 bits per heavy atom. The lowest BCUT2D eigenvalue weighted by atomic mass is 10.1. The lowest BCUT2D eigenvalue weighted by Crippen LogP contribution is -2.29. The molecule has 0 bridgehead atoms. The van der Waals surface area contributed by atoms with Crippen molar-refractivity contribution in [2.24, 2.45) is 0 Å². The molecule has 0 spiro atoms. The van der Waals surface area contributed by atoms with E-state index in [9.17, 15) is 9.59 Å². The maximum Gasteiger partial charge on any atom is 0.314 e. The van der Waals surface area contributed by atoms with Gasteiger partial charge in [-0.05, 0) is 44.0 Å². The Labute approximate surface area is 135 Å². The van der Waals surface area contributed by atoms with Gasteiger partial charge in [-0.3, -0.25) is 9.59 Å². The second kappa shape index (κ2) is 7.45. The Morgan fingerprint density at radius 1 is 0.913 bits per heavy atom. The molecule has 0 aliphatic carbocycles. The molecule has 2 rings (SSSR count). The molecule has 5 nitrogen and oxygen atoms in total. The largest absolute Gasteiger partial charge is 0.492 e. The van der Waals surface area contributed by atoms with Crippen molar-refractivity contribution in [1.29, 1.82) is 0 Å². The average Bonchev–Trinajstić information content (AvgIpc) is 2.53. The lowest BCUT2D eigenvalue weighted by molar-refractivity contribution is -0.133. The van der Waals surface area contributed by atoms with Gasteiger partial charge in [0.25, 0.3) is 0 Å².